The van der Waals surface area contributed by atoms with E-state index >= 15 is 0 Å². The molecule has 2 N–H and O–H groups in total. The Bertz CT molecular complexity index is 1210. The molecule has 0 radical (unpaired) electrons. The molecule has 35 heavy (non-hydrogen) atoms. The van der Waals surface area contributed by atoms with E-state index in [-0.39, 0.29) is 42.2 Å². The lowest BCUT2D eigenvalue weighted by Gasteiger charge is -2.14. The molecule has 1 fully saturated rings. The molecule has 1 atom stereocenters. The number of rotatable bonds is 11. The second kappa shape index (κ2) is 12.5. The summed E-state index contributed by atoms with van der Waals surface area (Å²) < 4.78 is 7.04. The van der Waals surface area contributed by atoms with E-state index in [1.165, 1.54) is 16.3 Å². The minimum absolute atomic E-state index is 0.0707. The molecule has 8 nitrogen and oxygen atoms in total. The number of carbonyl (C=O) groups excluding carboxylic acids is 2. The summed E-state index contributed by atoms with van der Waals surface area (Å²) in [6.45, 7) is 1.94. The van der Waals surface area contributed by atoms with Gasteiger partial charge in [0.15, 0.2) is 5.16 Å². The molecule has 2 aromatic carbocycles. The Balaban J connectivity index is 1.37. The van der Waals surface area contributed by atoms with Crippen molar-refractivity contribution in [2.75, 3.05) is 25.4 Å². The molecule has 0 bridgehead atoms. The fraction of sp³-hybridized carbons (Fsp3) is 0.385. The summed E-state index contributed by atoms with van der Waals surface area (Å²) in [6, 6.07) is 17.1. The Kier molecular flexibility index (Phi) is 8.91. The number of nitrogens with one attached hydrogen (secondary N) is 2. The van der Waals surface area contributed by atoms with Gasteiger partial charge in [0, 0.05) is 32.7 Å². The summed E-state index contributed by atoms with van der Waals surface area (Å²) in [7, 11) is 0. The highest BCUT2D eigenvalue weighted by atomic mass is 32.2. The third-order valence-electron chi connectivity index (χ3n) is 5.85. The zero-order chi connectivity index (χ0) is 24.5. The maximum atomic E-state index is 13.2. The fourth-order valence-electron chi connectivity index (χ4n) is 3.96. The first-order chi connectivity index (χ1) is 17.1. The van der Waals surface area contributed by atoms with Gasteiger partial charge in [-0.1, -0.05) is 54.2 Å². The number of fused-ring (bicyclic) bond motifs is 1. The predicted octanol–water partition coefficient (Wildman–Crippen LogP) is 2.53. The molecular weight excluding hydrogens is 464 g/mol. The number of ether oxygens (including phenoxy) is 1. The van der Waals surface area contributed by atoms with Crippen molar-refractivity contribution in [1.82, 2.24) is 20.2 Å². The van der Waals surface area contributed by atoms with Crippen molar-refractivity contribution in [3.63, 3.8) is 0 Å². The normalized spacial score (nSPS) is 15.3. The van der Waals surface area contributed by atoms with Crippen molar-refractivity contribution in [2.45, 2.75) is 43.5 Å². The molecule has 1 aliphatic rings. The summed E-state index contributed by atoms with van der Waals surface area (Å²) in [5.74, 6) is -0.148. The van der Waals surface area contributed by atoms with Gasteiger partial charge in [-0.2, -0.15) is 0 Å². The fourth-order valence-corrected chi connectivity index (χ4v) is 4.82. The second-order valence-electron chi connectivity index (χ2n) is 8.43. The average Bonchev–Trinajstić information content (AvgIpc) is 3.40. The van der Waals surface area contributed by atoms with E-state index in [0.29, 0.717) is 29.1 Å². The number of hydrogen-bond donors (Lipinski definition) is 2. The minimum Gasteiger partial charge on any atom is -0.376 e. The van der Waals surface area contributed by atoms with Gasteiger partial charge in [-0.3, -0.25) is 19.0 Å². The highest BCUT2D eigenvalue weighted by molar-refractivity contribution is 7.99. The van der Waals surface area contributed by atoms with Crippen molar-refractivity contribution in [3.05, 3.63) is 70.5 Å². The van der Waals surface area contributed by atoms with Crippen LogP contribution in [0.3, 0.4) is 0 Å². The summed E-state index contributed by atoms with van der Waals surface area (Å²) in [4.78, 5) is 42.6. The van der Waals surface area contributed by atoms with E-state index in [9.17, 15) is 14.4 Å². The molecule has 1 aromatic heterocycles. The van der Waals surface area contributed by atoms with Gasteiger partial charge in [-0.15, -0.1) is 0 Å². The lowest BCUT2D eigenvalue weighted by molar-refractivity contribution is -0.121. The molecule has 0 spiro atoms. The van der Waals surface area contributed by atoms with Crippen molar-refractivity contribution in [2.24, 2.45) is 0 Å². The second-order valence-corrected chi connectivity index (χ2v) is 9.37. The standard InChI is InChI=1S/C26H30N4O4S/c31-23(27-14-12-19-7-2-1-3-8-19)13-15-30-25(33)21-10-4-5-11-22(21)29-26(30)35-18-24(32)28-17-20-9-6-16-34-20/h1-5,7-8,10-11,20H,6,9,12-18H2,(H,27,31)(H,28,32). The lowest BCUT2D eigenvalue weighted by atomic mass is 10.1. The summed E-state index contributed by atoms with van der Waals surface area (Å²) in [6.07, 6.45) is 2.93. The number of benzene rings is 2. The first-order valence-electron chi connectivity index (χ1n) is 11.9. The Morgan fingerprint density at radius 1 is 1.06 bits per heavy atom. The van der Waals surface area contributed by atoms with Crippen LogP contribution < -0.4 is 16.2 Å². The summed E-state index contributed by atoms with van der Waals surface area (Å²) >= 11 is 1.20. The highest BCUT2D eigenvalue weighted by Gasteiger charge is 2.18. The number of nitrogens with zero attached hydrogens (tertiary/aromatic N) is 2. The SMILES string of the molecule is O=C(CCn1c(SCC(=O)NCC2CCCO2)nc2ccccc2c1=O)NCCc1ccccc1. The number of hydrogen-bond acceptors (Lipinski definition) is 6. The van der Waals surface area contributed by atoms with E-state index in [2.05, 4.69) is 15.6 Å². The monoisotopic (exact) mass is 494 g/mol. The molecule has 1 saturated heterocycles. The molecule has 3 aromatic rings. The molecule has 1 unspecified atom stereocenters. The van der Waals surface area contributed by atoms with Crippen LogP contribution in [0.1, 0.15) is 24.8 Å². The molecule has 2 amide bonds. The van der Waals surface area contributed by atoms with Gasteiger partial charge in [-0.25, -0.2) is 4.98 Å². The van der Waals surface area contributed by atoms with E-state index < -0.39 is 0 Å². The van der Waals surface area contributed by atoms with Gasteiger partial charge in [0.25, 0.3) is 5.56 Å². The van der Waals surface area contributed by atoms with Crippen LogP contribution in [0.15, 0.2) is 64.5 Å². The molecule has 0 saturated carbocycles. The van der Waals surface area contributed by atoms with E-state index in [1.807, 2.05) is 36.4 Å². The van der Waals surface area contributed by atoms with E-state index in [4.69, 9.17) is 4.74 Å². The van der Waals surface area contributed by atoms with Gasteiger partial charge in [-0.05, 0) is 37.0 Å². The van der Waals surface area contributed by atoms with Gasteiger partial charge in [0.1, 0.15) is 0 Å². The maximum absolute atomic E-state index is 13.2. The van der Waals surface area contributed by atoms with Crippen LogP contribution in [0.25, 0.3) is 10.9 Å². The Morgan fingerprint density at radius 2 is 1.86 bits per heavy atom. The lowest BCUT2D eigenvalue weighted by Crippen LogP contribution is -2.33. The van der Waals surface area contributed by atoms with Crippen LogP contribution in [0.4, 0.5) is 0 Å². The number of para-hydroxylation sites is 1. The van der Waals surface area contributed by atoms with Crippen LogP contribution in [-0.4, -0.2) is 52.9 Å². The van der Waals surface area contributed by atoms with Crippen LogP contribution >= 0.6 is 11.8 Å². The Labute approximate surface area is 208 Å². The van der Waals surface area contributed by atoms with Crippen molar-refractivity contribution in [1.29, 1.82) is 0 Å². The number of amides is 2. The first kappa shape index (κ1) is 24.9. The smallest absolute Gasteiger partial charge is 0.262 e. The van der Waals surface area contributed by atoms with Crippen molar-refractivity contribution >= 4 is 34.5 Å². The number of carbonyl (C=O) groups is 2. The predicted molar refractivity (Wildman–Crippen MR) is 136 cm³/mol. The zero-order valence-corrected chi connectivity index (χ0v) is 20.4. The van der Waals surface area contributed by atoms with E-state index in [1.54, 1.807) is 18.2 Å². The van der Waals surface area contributed by atoms with Gasteiger partial charge in [0.05, 0.1) is 22.8 Å². The quantitative estimate of drug-likeness (QED) is 0.314. The number of thioether (sulfide) groups is 1. The highest BCUT2D eigenvalue weighted by Crippen LogP contribution is 2.18. The van der Waals surface area contributed by atoms with Gasteiger partial charge >= 0.3 is 0 Å². The van der Waals surface area contributed by atoms with Crippen LogP contribution in [0.5, 0.6) is 0 Å². The van der Waals surface area contributed by atoms with Crippen molar-refractivity contribution in [3.8, 4) is 0 Å². The topological polar surface area (TPSA) is 102 Å². The molecule has 0 aliphatic carbocycles. The van der Waals surface area contributed by atoms with Crippen LogP contribution in [0, 0.1) is 0 Å². The molecule has 4 rings (SSSR count). The Hall–Kier alpha value is -3.17. The zero-order valence-electron chi connectivity index (χ0n) is 19.6. The molecule has 9 heteroatoms. The third-order valence-corrected chi connectivity index (χ3v) is 6.83. The van der Waals surface area contributed by atoms with Gasteiger partial charge in [0.2, 0.25) is 11.8 Å². The van der Waals surface area contributed by atoms with Crippen LogP contribution in [-0.2, 0) is 27.3 Å². The molecule has 184 valence electrons. The summed E-state index contributed by atoms with van der Waals surface area (Å²) in [5, 5.41) is 6.72. The minimum atomic E-state index is -0.213. The molecular formula is C26H30N4O4S. The first-order valence-corrected chi connectivity index (χ1v) is 12.9. The van der Waals surface area contributed by atoms with Gasteiger partial charge < -0.3 is 15.4 Å². The third kappa shape index (κ3) is 7.16. The average molecular weight is 495 g/mol. The Morgan fingerprint density at radius 3 is 2.66 bits per heavy atom. The maximum Gasteiger partial charge on any atom is 0.262 e. The largest absolute Gasteiger partial charge is 0.376 e. The molecule has 2 heterocycles. The number of aromatic nitrogens is 2. The van der Waals surface area contributed by atoms with Crippen LogP contribution in [0.2, 0.25) is 0 Å². The molecule has 1 aliphatic heterocycles. The van der Waals surface area contributed by atoms with E-state index in [0.717, 1.165) is 31.4 Å². The summed E-state index contributed by atoms with van der Waals surface area (Å²) in [5.41, 5.74) is 1.51. The van der Waals surface area contributed by atoms with Crippen molar-refractivity contribution < 1.29 is 14.3 Å².